The molecule has 1 aromatic rings. The maximum atomic E-state index is 13.6. The Morgan fingerprint density at radius 1 is 1.43 bits per heavy atom. The van der Waals surface area contributed by atoms with E-state index in [-0.39, 0.29) is 23.7 Å². The van der Waals surface area contributed by atoms with Gasteiger partial charge in [0.15, 0.2) is 0 Å². The number of carbonyl (C=O) groups excluding carboxylic acids is 1. The average molecular weight is 296 g/mol. The van der Waals surface area contributed by atoms with Crippen molar-refractivity contribution < 1.29 is 19.2 Å². The molecule has 2 N–H and O–H groups in total. The summed E-state index contributed by atoms with van der Waals surface area (Å²) in [6, 6.07) is 2.83. The van der Waals surface area contributed by atoms with Gasteiger partial charge in [0, 0.05) is 24.6 Å². The monoisotopic (exact) mass is 296 g/mol. The van der Waals surface area contributed by atoms with E-state index in [2.05, 4.69) is 5.32 Å². The van der Waals surface area contributed by atoms with Crippen LogP contribution < -0.4 is 5.32 Å². The number of aliphatic hydroxyl groups excluding tert-OH is 1. The molecule has 1 aliphatic rings. The van der Waals surface area contributed by atoms with E-state index in [1.165, 1.54) is 0 Å². The zero-order chi connectivity index (χ0) is 15.4. The smallest absolute Gasteiger partial charge is 0.270 e. The van der Waals surface area contributed by atoms with Gasteiger partial charge in [-0.1, -0.05) is 12.8 Å². The molecule has 0 spiro atoms. The molecule has 7 heteroatoms. The zero-order valence-corrected chi connectivity index (χ0v) is 11.4. The Bertz CT molecular complexity index is 550. The van der Waals surface area contributed by atoms with Crippen LogP contribution in [0.3, 0.4) is 0 Å². The van der Waals surface area contributed by atoms with Gasteiger partial charge in [-0.15, -0.1) is 0 Å². The number of amides is 1. The number of non-ortho nitro benzene ring substituents is 1. The molecule has 2 atom stereocenters. The molecule has 21 heavy (non-hydrogen) atoms. The first kappa shape index (κ1) is 15.4. The second kappa shape index (κ2) is 6.62. The lowest BCUT2D eigenvalue weighted by atomic mass is 9.86. The van der Waals surface area contributed by atoms with Crippen LogP contribution in [0.25, 0.3) is 0 Å². The van der Waals surface area contributed by atoms with Crippen LogP contribution >= 0.6 is 0 Å². The van der Waals surface area contributed by atoms with Gasteiger partial charge in [0.2, 0.25) is 0 Å². The van der Waals surface area contributed by atoms with Crippen LogP contribution in [-0.4, -0.2) is 28.6 Å². The van der Waals surface area contributed by atoms with Crippen molar-refractivity contribution in [1.82, 2.24) is 5.32 Å². The topological polar surface area (TPSA) is 92.5 Å². The van der Waals surface area contributed by atoms with Gasteiger partial charge < -0.3 is 10.4 Å². The normalized spacial score (nSPS) is 21.8. The number of nitro groups is 1. The van der Waals surface area contributed by atoms with Crippen molar-refractivity contribution in [2.45, 2.75) is 31.8 Å². The molecule has 0 radical (unpaired) electrons. The molecule has 0 heterocycles. The second-order valence-electron chi connectivity index (χ2n) is 5.24. The van der Waals surface area contributed by atoms with Crippen molar-refractivity contribution in [3.05, 3.63) is 39.7 Å². The molecule has 0 bridgehead atoms. The highest BCUT2D eigenvalue weighted by Crippen LogP contribution is 2.24. The molecule has 1 amide bonds. The van der Waals surface area contributed by atoms with Crippen LogP contribution in [0, 0.1) is 21.8 Å². The van der Waals surface area contributed by atoms with Gasteiger partial charge >= 0.3 is 0 Å². The van der Waals surface area contributed by atoms with Gasteiger partial charge in [0.25, 0.3) is 11.6 Å². The minimum absolute atomic E-state index is 0.0514. The maximum absolute atomic E-state index is 13.6. The number of nitrogens with one attached hydrogen (secondary N) is 1. The Kier molecular flexibility index (Phi) is 4.85. The molecule has 2 unspecified atom stereocenters. The molecule has 2 rings (SSSR count). The van der Waals surface area contributed by atoms with E-state index in [1.807, 2.05) is 0 Å². The minimum atomic E-state index is -0.803. The Hall–Kier alpha value is -2.02. The summed E-state index contributed by atoms with van der Waals surface area (Å²) in [6.07, 6.45) is 2.99. The summed E-state index contributed by atoms with van der Waals surface area (Å²) < 4.78 is 13.6. The van der Waals surface area contributed by atoms with Crippen molar-refractivity contribution in [2.24, 2.45) is 5.92 Å². The third kappa shape index (κ3) is 3.75. The number of carbonyl (C=O) groups is 1. The summed E-state index contributed by atoms with van der Waals surface area (Å²) >= 11 is 0. The highest BCUT2D eigenvalue weighted by molar-refractivity contribution is 5.95. The number of hydrogen-bond donors (Lipinski definition) is 2. The van der Waals surface area contributed by atoms with E-state index in [0.29, 0.717) is 6.42 Å². The largest absolute Gasteiger partial charge is 0.393 e. The van der Waals surface area contributed by atoms with E-state index in [1.54, 1.807) is 0 Å². The molecule has 0 aliphatic heterocycles. The fraction of sp³-hybridized carbons (Fsp3) is 0.500. The van der Waals surface area contributed by atoms with E-state index < -0.39 is 22.8 Å². The Balaban J connectivity index is 2.02. The minimum Gasteiger partial charge on any atom is -0.393 e. The fourth-order valence-electron chi connectivity index (χ4n) is 2.55. The maximum Gasteiger partial charge on any atom is 0.270 e. The first-order valence-corrected chi connectivity index (χ1v) is 6.89. The molecule has 1 aromatic carbocycles. The van der Waals surface area contributed by atoms with E-state index in [4.69, 9.17) is 0 Å². The summed E-state index contributed by atoms with van der Waals surface area (Å²) in [7, 11) is 0. The SMILES string of the molecule is O=C(NCC1CCCCC1O)c1cc([N+](=O)[O-])ccc1F. The van der Waals surface area contributed by atoms with Gasteiger partial charge in [-0.3, -0.25) is 14.9 Å². The quantitative estimate of drug-likeness (QED) is 0.656. The molecule has 0 aromatic heterocycles. The van der Waals surface area contributed by atoms with Gasteiger partial charge in [-0.05, 0) is 18.9 Å². The molecule has 1 saturated carbocycles. The number of hydrogen-bond acceptors (Lipinski definition) is 4. The highest BCUT2D eigenvalue weighted by atomic mass is 19.1. The highest BCUT2D eigenvalue weighted by Gasteiger charge is 2.24. The van der Waals surface area contributed by atoms with Crippen molar-refractivity contribution in [1.29, 1.82) is 0 Å². The number of nitrogens with zero attached hydrogens (tertiary/aromatic N) is 1. The third-order valence-corrected chi connectivity index (χ3v) is 3.80. The van der Waals surface area contributed by atoms with Gasteiger partial charge in [0.05, 0.1) is 16.6 Å². The summed E-state index contributed by atoms with van der Waals surface area (Å²) in [6.45, 7) is 0.238. The number of halogens is 1. The molecule has 0 saturated heterocycles. The molecular weight excluding hydrogens is 279 g/mol. The molecular formula is C14H17FN2O4. The van der Waals surface area contributed by atoms with Gasteiger partial charge in [-0.25, -0.2) is 4.39 Å². The first-order valence-electron chi connectivity index (χ1n) is 6.89. The standard InChI is InChI=1S/C14H17FN2O4/c15-12-6-5-10(17(20)21)7-11(12)14(19)16-8-9-3-1-2-4-13(9)18/h5-7,9,13,18H,1-4,8H2,(H,16,19). The second-order valence-corrected chi connectivity index (χ2v) is 5.24. The lowest BCUT2D eigenvalue weighted by Gasteiger charge is -2.27. The van der Waals surface area contributed by atoms with Crippen molar-refractivity contribution in [3.8, 4) is 0 Å². The lowest BCUT2D eigenvalue weighted by Crippen LogP contribution is -2.37. The molecule has 1 fully saturated rings. The molecule has 6 nitrogen and oxygen atoms in total. The van der Waals surface area contributed by atoms with Gasteiger partial charge in [-0.2, -0.15) is 0 Å². The number of benzene rings is 1. The number of nitro benzene ring substituents is 1. The van der Waals surface area contributed by atoms with Crippen molar-refractivity contribution >= 4 is 11.6 Å². The Morgan fingerprint density at radius 3 is 2.81 bits per heavy atom. The predicted molar refractivity (Wildman–Crippen MR) is 73.4 cm³/mol. The molecule has 1 aliphatic carbocycles. The summed E-state index contributed by atoms with van der Waals surface area (Å²) in [4.78, 5) is 21.9. The van der Waals surface area contributed by atoms with Crippen molar-refractivity contribution in [3.63, 3.8) is 0 Å². The number of aliphatic hydroxyl groups is 1. The summed E-state index contributed by atoms with van der Waals surface area (Å²) in [5, 5.41) is 23.0. The summed E-state index contributed by atoms with van der Waals surface area (Å²) in [5.74, 6) is -1.55. The van der Waals surface area contributed by atoms with E-state index in [9.17, 15) is 24.4 Å². The Labute approximate surface area is 121 Å². The zero-order valence-electron chi connectivity index (χ0n) is 11.4. The van der Waals surface area contributed by atoms with Crippen LogP contribution in [0.4, 0.5) is 10.1 Å². The fourth-order valence-corrected chi connectivity index (χ4v) is 2.55. The van der Waals surface area contributed by atoms with Crippen LogP contribution in [-0.2, 0) is 0 Å². The van der Waals surface area contributed by atoms with E-state index in [0.717, 1.165) is 37.5 Å². The van der Waals surface area contributed by atoms with Crippen LogP contribution in [0.1, 0.15) is 36.0 Å². The summed E-state index contributed by atoms with van der Waals surface area (Å²) in [5.41, 5.74) is -0.686. The Morgan fingerprint density at radius 2 is 2.14 bits per heavy atom. The lowest BCUT2D eigenvalue weighted by molar-refractivity contribution is -0.384. The van der Waals surface area contributed by atoms with Crippen molar-refractivity contribution in [2.75, 3.05) is 6.54 Å². The first-order chi connectivity index (χ1) is 9.99. The van der Waals surface area contributed by atoms with Crippen LogP contribution in [0.5, 0.6) is 0 Å². The van der Waals surface area contributed by atoms with Crippen LogP contribution in [0.15, 0.2) is 18.2 Å². The predicted octanol–water partition coefficient (Wildman–Crippen LogP) is 2.01. The third-order valence-electron chi connectivity index (χ3n) is 3.80. The average Bonchev–Trinajstić information content (AvgIpc) is 2.46. The van der Waals surface area contributed by atoms with Gasteiger partial charge in [0.1, 0.15) is 5.82 Å². The van der Waals surface area contributed by atoms with E-state index >= 15 is 0 Å². The number of rotatable bonds is 4. The molecule has 114 valence electrons. The van der Waals surface area contributed by atoms with Crippen LogP contribution in [0.2, 0.25) is 0 Å².